The van der Waals surface area contributed by atoms with Gasteiger partial charge in [-0.15, -0.1) is 0 Å². The Morgan fingerprint density at radius 3 is 2.33 bits per heavy atom. The molecule has 1 aliphatic heterocycles. The Hall–Kier alpha value is -3.73. The number of carbonyl (C=O) groups is 1. The van der Waals surface area contributed by atoms with E-state index in [1.54, 1.807) is 42.5 Å². The molecule has 0 N–H and O–H groups in total. The minimum atomic E-state index is -5.05. The highest BCUT2D eigenvalue weighted by atomic mass is 19.4. The Morgan fingerprint density at radius 2 is 1.69 bits per heavy atom. The average Bonchev–Trinajstić information content (AvgIpc) is 3.28. The molecule has 202 valence electrons. The Kier molecular flexibility index (Phi) is 6.74. The topological polar surface area (TPSA) is 44.1 Å². The Bertz CT molecular complexity index is 1420. The van der Waals surface area contributed by atoms with Gasteiger partial charge < -0.3 is 4.90 Å². The Balaban J connectivity index is 1.55. The van der Waals surface area contributed by atoms with Crippen LogP contribution in [-0.2, 0) is 30.3 Å². The number of hydrogen-bond donors (Lipinski definition) is 0. The fraction of sp³-hybridized carbons (Fsp3) is 0.355. The predicted molar refractivity (Wildman–Crippen MR) is 136 cm³/mol. The van der Waals surface area contributed by atoms with Crippen molar-refractivity contribution in [2.45, 2.75) is 62.3 Å². The number of rotatable bonds is 5. The van der Waals surface area contributed by atoms with Crippen molar-refractivity contribution in [2.75, 3.05) is 6.54 Å². The van der Waals surface area contributed by atoms with Crippen LogP contribution in [0.5, 0.6) is 0 Å². The van der Waals surface area contributed by atoms with E-state index in [2.05, 4.69) is 6.07 Å². The molecule has 0 spiro atoms. The summed E-state index contributed by atoms with van der Waals surface area (Å²) in [6, 6.07) is 19.0. The maximum absolute atomic E-state index is 14.8. The van der Waals surface area contributed by atoms with Crippen LogP contribution >= 0.6 is 0 Å². The summed E-state index contributed by atoms with van der Waals surface area (Å²) >= 11 is 0. The summed E-state index contributed by atoms with van der Waals surface area (Å²) in [5, 5.41) is 8.92. The SMILES string of the molecule is CC(F)(c1ccc2c(c1)CC[C@H]1N(C(=O)c3ccc(CC#N)cc3)CC[C@@]21Cc1ccc(F)cc1)C(F)(F)F. The molecule has 0 saturated carbocycles. The molecule has 1 saturated heterocycles. The van der Waals surface area contributed by atoms with Gasteiger partial charge in [0.2, 0.25) is 5.67 Å². The van der Waals surface area contributed by atoms with E-state index in [9.17, 15) is 26.7 Å². The molecule has 0 bridgehead atoms. The van der Waals surface area contributed by atoms with E-state index in [1.807, 2.05) is 4.90 Å². The van der Waals surface area contributed by atoms with E-state index in [4.69, 9.17) is 5.26 Å². The van der Waals surface area contributed by atoms with Gasteiger partial charge in [0.1, 0.15) is 5.82 Å². The molecule has 3 atom stereocenters. The van der Waals surface area contributed by atoms with Crippen LogP contribution in [-0.4, -0.2) is 29.6 Å². The van der Waals surface area contributed by atoms with Gasteiger partial charge in [0, 0.05) is 23.6 Å². The van der Waals surface area contributed by atoms with Crippen molar-refractivity contribution in [1.29, 1.82) is 5.26 Å². The normalized spacial score (nSPS) is 22.0. The average molecular weight is 539 g/mol. The van der Waals surface area contributed by atoms with Crippen LogP contribution in [0.3, 0.4) is 0 Å². The lowest BCUT2D eigenvalue weighted by Gasteiger charge is -2.44. The van der Waals surface area contributed by atoms with Gasteiger partial charge in [-0.3, -0.25) is 4.79 Å². The second kappa shape index (κ2) is 9.78. The number of nitrogens with zero attached hydrogens (tertiary/aromatic N) is 2. The fourth-order valence-corrected chi connectivity index (χ4v) is 6.25. The smallest absolute Gasteiger partial charge is 0.335 e. The zero-order chi connectivity index (χ0) is 28.0. The number of likely N-dealkylation sites (tertiary alicyclic amines) is 1. The van der Waals surface area contributed by atoms with Crippen LogP contribution in [0.25, 0.3) is 0 Å². The fourth-order valence-electron chi connectivity index (χ4n) is 6.25. The molecule has 3 aromatic carbocycles. The Labute approximate surface area is 223 Å². The quantitative estimate of drug-likeness (QED) is 0.329. The molecule has 0 radical (unpaired) electrons. The number of alkyl halides is 4. The number of carbonyl (C=O) groups excluding carboxylic acids is 1. The van der Waals surface area contributed by atoms with Crippen molar-refractivity contribution in [2.24, 2.45) is 0 Å². The molecule has 0 aromatic heterocycles. The molecule has 1 amide bonds. The lowest BCUT2D eigenvalue weighted by Crippen LogP contribution is -2.49. The van der Waals surface area contributed by atoms with E-state index in [1.165, 1.54) is 24.3 Å². The van der Waals surface area contributed by atoms with Gasteiger partial charge in [-0.2, -0.15) is 18.4 Å². The van der Waals surface area contributed by atoms with Crippen LogP contribution in [0, 0.1) is 17.1 Å². The molecule has 8 heteroatoms. The zero-order valence-electron chi connectivity index (χ0n) is 21.4. The summed E-state index contributed by atoms with van der Waals surface area (Å²) in [6.45, 7) is 0.974. The molecule has 39 heavy (non-hydrogen) atoms. The highest BCUT2D eigenvalue weighted by Gasteiger charge is 2.55. The summed E-state index contributed by atoms with van der Waals surface area (Å²) in [6.07, 6.45) is -2.88. The Morgan fingerprint density at radius 1 is 1.03 bits per heavy atom. The van der Waals surface area contributed by atoms with Gasteiger partial charge in [0.05, 0.1) is 12.5 Å². The molecule has 1 unspecified atom stereocenters. The van der Waals surface area contributed by atoms with E-state index >= 15 is 0 Å². The first-order valence-corrected chi connectivity index (χ1v) is 12.9. The largest absolute Gasteiger partial charge is 0.426 e. The summed E-state index contributed by atoms with van der Waals surface area (Å²) < 4.78 is 68.9. The third kappa shape index (κ3) is 4.69. The summed E-state index contributed by atoms with van der Waals surface area (Å²) in [4.78, 5) is 15.5. The summed E-state index contributed by atoms with van der Waals surface area (Å²) in [7, 11) is 0. The molecular formula is C31H27F5N2O. The number of nitriles is 1. The first kappa shape index (κ1) is 26.9. The molecule has 2 aliphatic rings. The van der Waals surface area contributed by atoms with Crippen LogP contribution in [0.15, 0.2) is 66.7 Å². The predicted octanol–water partition coefficient (Wildman–Crippen LogP) is 6.98. The van der Waals surface area contributed by atoms with E-state index in [-0.39, 0.29) is 24.2 Å². The second-order valence-electron chi connectivity index (χ2n) is 10.7. The third-order valence-electron chi connectivity index (χ3n) is 8.39. The lowest BCUT2D eigenvalue weighted by molar-refractivity contribution is -0.228. The van der Waals surface area contributed by atoms with Crippen LogP contribution in [0.1, 0.15) is 57.9 Å². The van der Waals surface area contributed by atoms with Crippen molar-refractivity contribution >= 4 is 5.91 Å². The van der Waals surface area contributed by atoms with Gasteiger partial charge in [-0.25, -0.2) is 8.78 Å². The number of fused-ring (bicyclic) bond motifs is 3. The standard InChI is InChI=1S/C31H27F5N2O/c1-29(33,31(34,35)36)24-9-12-26-23(18-24)8-13-27-30(26,19-21-4-10-25(32)11-5-21)15-17-38(27)28(39)22-6-2-20(3-7-22)14-16-37/h2-7,9-12,18,27H,8,13-15,17,19H2,1H3/t27-,29?,30-/m1/s1. The number of halogens is 5. The van der Waals surface area contributed by atoms with Gasteiger partial charge in [-0.1, -0.05) is 42.5 Å². The van der Waals surface area contributed by atoms with E-state index in [0.29, 0.717) is 50.3 Å². The second-order valence-corrected chi connectivity index (χ2v) is 10.7. The van der Waals surface area contributed by atoms with Crippen molar-refractivity contribution in [3.63, 3.8) is 0 Å². The van der Waals surface area contributed by atoms with Gasteiger partial charge >= 0.3 is 6.18 Å². The molecule has 1 aliphatic carbocycles. The highest BCUT2D eigenvalue weighted by molar-refractivity contribution is 5.95. The number of hydrogen-bond acceptors (Lipinski definition) is 2. The maximum Gasteiger partial charge on any atom is 0.426 e. The first-order valence-electron chi connectivity index (χ1n) is 12.9. The number of benzene rings is 3. The van der Waals surface area contributed by atoms with Crippen molar-refractivity contribution < 1.29 is 26.7 Å². The summed E-state index contributed by atoms with van der Waals surface area (Å²) in [5.41, 5.74) is -0.940. The van der Waals surface area contributed by atoms with Crippen LogP contribution in [0.2, 0.25) is 0 Å². The number of aryl methyl sites for hydroxylation is 1. The molecule has 1 heterocycles. The number of amides is 1. The van der Waals surface area contributed by atoms with Crippen molar-refractivity contribution in [3.05, 3.63) is 106 Å². The lowest BCUT2D eigenvalue weighted by atomic mass is 9.63. The van der Waals surface area contributed by atoms with Crippen molar-refractivity contribution in [1.82, 2.24) is 4.90 Å². The van der Waals surface area contributed by atoms with Gasteiger partial charge in [0.15, 0.2) is 0 Å². The molecule has 3 aromatic rings. The van der Waals surface area contributed by atoms with Crippen LogP contribution in [0.4, 0.5) is 22.0 Å². The molecule has 5 rings (SSSR count). The van der Waals surface area contributed by atoms with E-state index < -0.39 is 22.8 Å². The highest BCUT2D eigenvalue weighted by Crippen LogP contribution is 2.51. The first-order chi connectivity index (χ1) is 18.5. The van der Waals surface area contributed by atoms with Gasteiger partial charge in [0.25, 0.3) is 5.91 Å². The monoisotopic (exact) mass is 538 g/mol. The molecule has 3 nitrogen and oxygen atoms in total. The minimum absolute atomic E-state index is 0.155. The van der Waals surface area contributed by atoms with E-state index in [0.717, 1.165) is 16.7 Å². The third-order valence-corrected chi connectivity index (χ3v) is 8.39. The maximum atomic E-state index is 14.8. The molecular weight excluding hydrogens is 511 g/mol. The van der Waals surface area contributed by atoms with Crippen molar-refractivity contribution in [3.8, 4) is 6.07 Å². The molecule has 1 fully saturated rings. The van der Waals surface area contributed by atoms with Crippen LogP contribution < -0.4 is 0 Å². The minimum Gasteiger partial charge on any atom is -0.335 e. The summed E-state index contributed by atoms with van der Waals surface area (Å²) in [5.74, 6) is -0.531. The zero-order valence-corrected chi connectivity index (χ0v) is 21.4. The van der Waals surface area contributed by atoms with Gasteiger partial charge in [-0.05, 0) is 84.7 Å².